The van der Waals surface area contributed by atoms with Crippen LogP contribution in [0, 0.1) is 0 Å². The second-order valence-electron chi connectivity index (χ2n) is 4.04. The second-order valence-corrected chi connectivity index (χ2v) is 4.04. The van der Waals surface area contributed by atoms with Crippen molar-refractivity contribution in [1.29, 1.82) is 0 Å². The standard InChI is InChI=1S/C10H17NO/c1-8(11)7-10(2,3)9-5-4-6-12-9/h4-6,8H,7,11H2,1-3H3. The summed E-state index contributed by atoms with van der Waals surface area (Å²) in [5, 5.41) is 0. The molecule has 1 atom stereocenters. The van der Waals surface area contributed by atoms with E-state index >= 15 is 0 Å². The van der Waals surface area contributed by atoms with Gasteiger partial charge in [0.25, 0.3) is 0 Å². The number of rotatable bonds is 3. The first-order valence-corrected chi connectivity index (χ1v) is 4.32. The topological polar surface area (TPSA) is 39.2 Å². The zero-order chi connectivity index (χ0) is 9.19. The van der Waals surface area contributed by atoms with Gasteiger partial charge >= 0.3 is 0 Å². The molecule has 0 radical (unpaired) electrons. The maximum atomic E-state index is 5.74. The lowest BCUT2D eigenvalue weighted by Gasteiger charge is -2.23. The largest absolute Gasteiger partial charge is 0.469 e. The lowest BCUT2D eigenvalue weighted by atomic mass is 9.84. The Kier molecular flexibility index (Phi) is 2.58. The third-order valence-corrected chi connectivity index (χ3v) is 2.02. The highest BCUT2D eigenvalue weighted by atomic mass is 16.3. The number of hydrogen-bond acceptors (Lipinski definition) is 2. The van der Waals surface area contributed by atoms with Crippen molar-refractivity contribution in [2.45, 2.75) is 38.6 Å². The molecule has 0 aliphatic carbocycles. The number of furan rings is 1. The van der Waals surface area contributed by atoms with E-state index < -0.39 is 0 Å². The molecular formula is C10H17NO. The SMILES string of the molecule is CC(N)CC(C)(C)c1ccco1. The Hall–Kier alpha value is -0.760. The van der Waals surface area contributed by atoms with Crippen LogP contribution in [0.15, 0.2) is 22.8 Å². The van der Waals surface area contributed by atoms with Crippen molar-refractivity contribution >= 4 is 0 Å². The average Bonchev–Trinajstić information content (AvgIpc) is 2.32. The van der Waals surface area contributed by atoms with Gasteiger partial charge in [-0.15, -0.1) is 0 Å². The highest BCUT2D eigenvalue weighted by Gasteiger charge is 2.24. The van der Waals surface area contributed by atoms with Gasteiger partial charge in [0.05, 0.1) is 6.26 Å². The fraction of sp³-hybridized carbons (Fsp3) is 0.600. The van der Waals surface area contributed by atoms with E-state index in [4.69, 9.17) is 10.2 Å². The van der Waals surface area contributed by atoms with Crippen molar-refractivity contribution in [3.8, 4) is 0 Å². The Balaban J connectivity index is 2.72. The van der Waals surface area contributed by atoms with E-state index in [-0.39, 0.29) is 11.5 Å². The minimum Gasteiger partial charge on any atom is -0.469 e. The van der Waals surface area contributed by atoms with E-state index in [1.165, 1.54) is 0 Å². The van der Waals surface area contributed by atoms with Gasteiger partial charge in [0.15, 0.2) is 0 Å². The fourth-order valence-electron chi connectivity index (χ4n) is 1.57. The molecule has 1 aromatic heterocycles. The normalized spacial score (nSPS) is 14.7. The minimum absolute atomic E-state index is 0.0532. The van der Waals surface area contributed by atoms with Crippen LogP contribution in [0.5, 0.6) is 0 Å². The van der Waals surface area contributed by atoms with Crippen LogP contribution in [0.2, 0.25) is 0 Å². The molecule has 1 aromatic rings. The summed E-state index contributed by atoms with van der Waals surface area (Å²) in [4.78, 5) is 0. The van der Waals surface area contributed by atoms with Gasteiger partial charge < -0.3 is 10.2 Å². The lowest BCUT2D eigenvalue weighted by molar-refractivity contribution is 0.346. The van der Waals surface area contributed by atoms with Crippen molar-refractivity contribution in [2.24, 2.45) is 5.73 Å². The Morgan fingerprint density at radius 3 is 2.67 bits per heavy atom. The monoisotopic (exact) mass is 167 g/mol. The van der Waals surface area contributed by atoms with E-state index in [0.717, 1.165) is 12.2 Å². The molecule has 2 N–H and O–H groups in total. The van der Waals surface area contributed by atoms with Gasteiger partial charge in [-0.05, 0) is 25.5 Å². The fourth-order valence-corrected chi connectivity index (χ4v) is 1.57. The molecule has 68 valence electrons. The molecule has 0 saturated heterocycles. The Bertz CT molecular complexity index is 224. The van der Waals surface area contributed by atoms with Crippen LogP contribution >= 0.6 is 0 Å². The van der Waals surface area contributed by atoms with Gasteiger partial charge in [-0.2, -0.15) is 0 Å². The van der Waals surface area contributed by atoms with Crippen molar-refractivity contribution in [1.82, 2.24) is 0 Å². The Morgan fingerprint density at radius 2 is 2.25 bits per heavy atom. The quantitative estimate of drug-likeness (QED) is 0.750. The van der Waals surface area contributed by atoms with Gasteiger partial charge in [-0.1, -0.05) is 13.8 Å². The molecule has 0 aliphatic rings. The summed E-state index contributed by atoms with van der Waals surface area (Å²) in [6.07, 6.45) is 2.65. The summed E-state index contributed by atoms with van der Waals surface area (Å²) in [6, 6.07) is 4.13. The van der Waals surface area contributed by atoms with Crippen LogP contribution in [0.3, 0.4) is 0 Å². The van der Waals surface area contributed by atoms with E-state index in [0.29, 0.717) is 0 Å². The van der Waals surface area contributed by atoms with Crippen LogP contribution in [0.1, 0.15) is 33.0 Å². The first-order chi connectivity index (χ1) is 5.52. The minimum atomic E-state index is 0.0532. The van der Waals surface area contributed by atoms with Crippen LogP contribution in [-0.2, 0) is 5.41 Å². The molecule has 1 heterocycles. The summed E-state index contributed by atoms with van der Waals surface area (Å²) >= 11 is 0. The van der Waals surface area contributed by atoms with Crippen molar-refractivity contribution < 1.29 is 4.42 Å². The van der Waals surface area contributed by atoms with E-state index in [9.17, 15) is 0 Å². The van der Waals surface area contributed by atoms with Crippen LogP contribution in [0.4, 0.5) is 0 Å². The number of hydrogen-bond donors (Lipinski definition) is 1. The molecule has 0 spiro atoms. The van der Waals surface area contributed by atoms with Crippen LogP contribution < -0.4 is 5.73 Å². The summed E-state index contributed by atoms with van der Waals surface area (Å²) in [5.74, 6) is 1.01. The Morgan fingerprint density at radius 1 is 1.58 bits per heavy atom. The van der Waals surface area contributed by atoms with Gasteiger partial charge in [0.1, 0.15) is 5.76 Å². The average molecular weight is 167 g/mol. The van der Waals surface area contributed by atoms with E-state index in [2.05, 4.69) is 13.8 Å². The van der Waals surface area contributed by atoms with Gasteiger partial charge in [0.2, 0.25) is 0 Å². The molecule has 0 aromatic carbocycles. The molecule has 2 heteroatoms. The third-order valence-electron chi connectivity index (χ3n) is 2.02. The van der Waals surface area contributed by atoms with Crippen LogP contribution in [0.25, 0.3) is 0 Å². The zero-order valence-corrected chi connectivity index (χ0v) is 8.00. The molecule has 0 fully saturated rings. The third kappa shape index (κ3) is 2.11. The predicted molar refractivity (Wildman–Crippen MR) is 50.0 cm³/mol. The molecule has 0 aliphatic heterocycles. The van der Waals surface area contributed by atoms with Crippen molar-refractivity contribution in [3.05, 3.63) is 24.2 Å². The Labute approximate surface area is 73.8 Å². The maximum Gasteiger partial charge on any atom is 0.109 e. The first-order valence-electron chi connectivity index (χ1n) is 4.32. The summed E-state index contributed by atoms with van der Waals surface area (Å²) in [7, 11) is 0. The van der Waals surface area contributed by atoms with Crippen LogP contribution in [-0.4, -0.2) is 6.04 Å². The maximum absolute atomic E-state index is 5.74. The zero-order valence-electron chi connectivity index (χ0n) is 8.00. The summed E-state index contributed by atoms with van der Waals surface area (Å²) < 4.78 is 5.34. The summed E-state index contributed by atoms with van der Waals surface area (Å²) in [6.45, 7) is 6.31. The van der Waals surface area contributed by atoms with Crippen molar-refractivity contribution in [2.75, 3.05) is 0 Å². The predicted octanol–water partition coefficient (Wildman–Crippen LogP) is 2.29. The molecule has 2 nitrogen and oxygen atoms in total. The van der Waals surface area contributed by atoms with Crippen molar-refractivity contribution in [3.63, 3.8) is 0 Å². The lowest BCUT2D eigenvalue weighted by Crippen LogP contribution is -2.27. The first kappa shape index (κ1) is 9.33. The summed E-state index contributed by atoms with van der Waals surface area (Å²) in [5.41, 5.74) is 5.80. The highest BCUT2D eigenvalue weighted by molar-refractivity contribution is 5.11. The molecule has 0 bridgehead atoms. The molecule has 0 saturated carbocycles. The molecule has 0 amide bonds. The van der Waals surface area contributed by atoms with E-state index in [1.807, 2.05) is 19.1 Å². The van der Waals surface area contributed by atoms with E-state index in [1.54, 1.807) is 6.26 Å². The highest BCUT2D eigenvalue weighted by Crippen LogP contribution is 2.27. The second kappa shape index (κ2) is 3.31. The molecule has 1 rings (SSSR count). The van der Waals surface area contributed by atoms with Gasteiger partial charge in [-0.3, -0.25) is 0 Å². The number of nitrogens with two attached hydrogens (primary N) is 1. The molecule has 12 heavy (non-hydrogen) atoms. The molecular weight excluding hydrogens is 150 g/mol. The van der Waals surface area contributed by atoms with Gasteiger partial charge in [-0.25, -0.2) is 0 Å². The smallest absolute Gasteiger partial charge is 0.109 e. The molecule has 1 unspecified atom stereocenters. The van der Waals surface area contributed by atoms with Gasteiger partial charge in [0, 0.05) is 11.5 Å².